The highest BCUT2D eigenvalue weighted by atomic mass is 35.5. The number of halogens is 1. The smallest absolute Gasteiger partial charge is 0.352 e. The molecule has 2 aromatic carbocycles. The SMILES string of the molecule is Cc1ccc(C(=O)NC(=Cc2c(C)nn(-c3ccccc3)c2Cl)C(=O)O)cc1. The second kappa shape index (κ2) is 8.10. The molecule has 3 aromatic rings. The van der Waals surface area contributed by atoms with Crippen LogP contribution in [0.5, 0.6) is 0 Å². The summed E-state index contributed by atoms with van der Waals surface area (Å²) in [7, 11) is 0. The van der Waals surface area contributed by atoms with Crippen molar-refractivity contribution >= 4 is 29.6 Å². The third-order valence-corrected chi connectivity index (χ3v) is 4.49. The number of hydrogen-bond donors (Lipinski definition) is 2. The van der Waals surface area contributed by atoms with Crippen molar-refractivity contribution < 1.29 is 14.7 Å². The minimum Gasteiger partial charge on any atom is -0.477 e. The minimum atomic E-state index is -1.27. The molecule has 142 valence electrons. The fraction of sp³-hybridized carbons (Fsp3) is 0.0952. The molecule has 6 nitrogen and oxygen atoms in total. The third-order valence-electron chi connectivity index (χ3n) is 4.13. The summed E-state index contributed by atoms with van der Waals surface area (Å²) in [5, 5.41) is 16.6. The zero-order chi connectivity index (χ0) is 20.3. The van der Waals surface area contributed by atoms with E-state index in [2.05, 4.69) is 10.4 Å². The molecule has 0 spiro atoms. The van der Waals surface area contributed by atoms with Crippen molar-refractivity contribution in [3.63, 3.8) is 0 Å². The molecule has 1 heterocycles. The predicted molar refractivity (Wildman–Crippen MR) is 108 cm³/mol. The maximum atomic E-state index is 12.4. The van der Waals surface area contributed by atoms with Gasteiger partial charge in [0, 0.05) is 11.1 Å². The molecular formula is C21H18ClN3O3. The molecule has 0 aliphatic heterocycles. The molecule has 7 heteroatoms. The molecule has 0 aliphatic carbocycles. The molecule has 0 radical (unpaired) electrons. The monoisotopic (exact) mass is 395 g/mol. The van der Waals surface area contributed by atoms with Gasteiger partial charge in [0.15, 0.2) is 0 Å². The molecule has 0 saturated carbocycles. The highest BCUT2D eigenvalue weighted by Gasteiger charge is 2.18. The number of benzene rings is 2. The highest BCUT2D eigenvalue weighted by Crippen LogP contribution is 2.25. The summed E-state index contributed by atoms with van der Waals surface area (Å²) in [4.78, 5) is 24.1. The molecule has 1 aromatic heterocycles. The van der Waals surface area contributed by atoms with Crippen molar-refractivity contribution in [3.05, 3.63) is 87.8 Å². The number of nitrogens with zero attached hydrogens (tertiary/aromatic N) is 2. The van der Waals surface area contributed by atoms with Gasteiger partial charge < -0.3 is 10.4 Å². The summed E-state index contributed by atoms with van der Waals surface area (Å²) < 4.78 is 1.52. The molecule has 1 amide bonds. The Hall–Kier alpha value is -3.38. The molecule has 3 rings (SSSR count). The molecule has 0 atom stereocenters. The second-order valence-electron chi connectivity index (χ2n) is 6.22. The zero-order valence-corrected chi connectivity index (χ0v) is 16.1. The highest BCUT2D eigenvalue weighted by molar-refractivity contribution is 6.31. The van der Waals surface area contributed by atoms with Crippen LogP contribution < -0.4 is 5.32 Å². The number of carboxylic acid groups (broad SMARTS) is 1. The van der Waals surface area contributed by atoms with Gasteiger partial charge in [0.1, 0.15) is 10.9 Å². The van der Waals surface area contributed by atoms with E-state index in [4.69, 9.17) is 11.6 Å². The average molecular weight is 396 g/mol. The summed E-state index contributed by atoms with van der Waals surface area (Å²) in [6.07, 6.45) is 1.32. The van der Waals surface area contributed by atoms with Gasteiger partial charge >= 0.3 is 5.97 Å². The molecule has 0 aliphatic rings. The van der Waals surface area contributed by atoms with Crippen LogP contribution in [0.3, 0.4) is 0 Å². The van der Waals surface area contributed by atoms with Gasteiger partial charge in [-0.05, 0) is 44.2 Å². The van der Waals surface area contributed by atoms with Gasteiger partial charge in [0.25, 0.3) is 5.91 Å². The van der Waals surface area contributed by atoms with E-state index in [1.165, 1.54) is 10.8 Å². The van der Waals surface area contributed by atoms with Gasteiger partial charge in [0.05, 0.1) is 11.4 Å². The van der Waals surface area contributed by atoms with Crippen molar-refractivity contribution in [2.24, 2.45) is 0 Å². The Morgan fingerprint density at radius 2 is 1.71 bits per heavy atom. The Morgan fingerprint density at radius 3 is 2.32 bits per heavy atom. The van der Waals surface area contributed by atoms with E-state index in [-0.39, 0.29) is 10.9 Å². The van der Waals surface area contributed by atoms with E-state index in [0.717, 1.165) is 11.3 Å². The van der Waals surface area contributed by atoms with Crippen LogP contribution in [0.25, 0.3) is 11.8 Å². The first kappa shape index (κ1) is 19.4. The summed E-state index contributed by atoms with van der Waals surface area (Å²) in [5.41, 5.74) is 2.78. The average Bonchev–Trinajstić information content (AvgIpc) is 2.96. The summed E-state index contributed by atoms with van der Waals surface area (Å²) in [6, 6.07) is 16.1. The van der Waals surface area contributed by atoms with E-state index in [1.54, 1.807) is 31.2 Å². The maximum Gasteiger partial charge on any atom is 0.352 e. The van der Waals surface area contributed by atoms with Gasteiger partial charge in [0.2, 0.25) is 0 Å². The van der Waals surface area contributed by atoms with Gasteiger partial charge in [-0.2, -0.15) is 5.10 Å². The Kier molecular flexibility index (Phi) is 5.61. The minimum absolute atomic E-state index is 0.257. The number of carbonyl (C=O) groups is 2. The number of aryl methyl sites for hydroxylation is 2. The van der Waals surface area contributed by atoms with Crippen LogP contribution in [-0.2, 0) is 4.79 Å². The molecule has 0 fully saturated rings. The molecule has 2 N–H and O–H groups in total. The lowest BCUT2D eigenvalue weighted by Gasteiger charge is -2.07. The molecule has 0 unspecified atom stereocenters. The van der Waals surface area contributed by atoms with Crippen molar-refractivity contribution in [2.75, 3.05) is 0 Å². The van der Waals surface area contributed by atoms with Crippen LogP contribution in [0.2, 0.25) is 5.15 Å². The topological polar surface area (TPSA) is 84.2 Å². The van der Waals surface area contributed by atoms with Gasteiger partial charge in [-0.15, -0.1) is 0 Å². The number of aromatic nitrogens is 2. The Labute approximate surface area is 167 Å². The first-order chi connectivity index (χ1) is 13.4. The molecule has 0 saturated heterocycles. The predicted octanol–water partition coefficient (Wildman–Crippen LogP) is 4.00. The van der Waals surface area contributed by atoms with Crippen LogP contribution in [0.15, 0.2) is 60.3 Å². The number of carboxylic acids is 1. The number of carbonyl (C=O) groups excluding carboxylic acids is 1. The number of rotatable bonds is 5. The quantitative estimate of drug-likeness (QED) is 0.639. The van der Waals surface area contributed by atoms with E-state index >= 15 is 0 Å². The van der Waals surface area contributed by atoms with Gasteiger partial charge in [-0.1, -0.05) is 47.5 Å². The number of aliphatic carboxylic acids is 1. The zero-order valence-electron chi connectivity index (χ0n) is 15.3. The van der Waals surface area contributed by atoms with Crippen LogP contribution in [0.4, 0.5) is 0 Å². The van der Waals surface area contributed by atoms with Crippen molar-refractivity contribution in [3.8, 4) is 5.69 Å². The van der Waals surface area contributed by atoms with E-state index in [0.29, 0.717) is 16.8 Å². The number of hydrogen-bond acceptors (Lipinski definition) is 3. The van der Waals surface area contributed by atoms with Crippen LogP contribution >= 0.6 is 11.6 Å². The second-order valence-corrected chi connectivity index (χ2v) is 6.58. The Bertz CT molecular complexity index is 1050. The van der Waals surface area contributed by atoms with Crippen LogP contribution in [0.1, 0.15) is 27.2 Å². The standard InChI is InChI=1S/C21H18ClN3O3/c1-13-8-10-15(11-9-13)20(26)23-18(21(27)28)12-17-14(2)24-25(19(17)22)16-6-4-3-5-7-16/h3-12H,1-2H3,(H,23,26)(H,27,28). The van der Waals surface area contributed by atoms with E-state index < -0.39 is 11.9 Å². The third kappa shape index (κ3) is 4.13. The van der Waals surface area contributed by atoms with Crippen molar-refractivity contribution in [1.82, 2.24) is 15.1 Å². The normalized spacial score (nSPS) is 11.3. The number of nitrogens with one attached hydrogen (secondary N) is 1. The first-order valence-corrected chi connectivity index (χ1v) is 8.88. The Balaban J connectivity index is 1.95. The molecule has 28 heavy (non-hydrogen) atoms. The Morgan fingerprint density at radius 1 is 1.07 bits per heavy atom. The summed E-state index contributed by atoms with van der Waals surface area (Å²) in [5.74, 6) is -1.79. The first-order valence-electron chi connectivity index (χ1n) is 8.50. The van der Waals surface area contributed by atoms with Crippen LogP contribution in [0, 0.1) is 13.8 Å². The lowest BCUT2D eigenvalue weighted by Crippen LogP contribution is -2.27. The van der Waals surface area contributed by atoms with Crippen molar-refractivity contribution in [1.29, 1.82) is 0 Å². The molecule has 0 bridgehead atoms. The lowest BCUT2D eigenvalue weighted by atomic mass is 10.1. The fourth-order valence-corrected chi connectivity index (χ4v) is 2.94. The fourth-order valence-electron chi connectivity index (χ4n) is 2.61. The largest absolute Gasteiger partial charge is 0.477 e. The number of para-hydroxylation sites is 1. The van der Waals surface area contributed by atoms with E-state index in [9.17, 15) is 14.7 Å². The van der Waals surface area contributed by atoms with Gasteiger partial charge in [-0.25, -0.2) is 9.48 Å². The van der Waals surface area contributed by atoms with E-state index in [1.807, 2.05) is 37.3 Å². The molecular weight excluding hydrogens is 378 g/mol. The lowest BCUT2D eigenvalue weighted by molar-refractivity contribution is -0.132. The van der Waals surface area contributed by atoms with Gasteiger partial charge in [-0.3, -0.25) is 4.79 Å². The van der Waals surface area contributed by atoms with Crippen molar-refractivity contribution in [2.45, 2.75) is 13.8 Å². The maximum absolute atomic E-state index is 12.4. The van der Waals surface area contributed by atoms with Crippen LogP contribution in [-0.4, -0.2) is 26.8 Å². The number of amides is 1. The summed E-state index contributed by atoms with van der Waals surface area (Å²) >= 11 is 6.43. The summed E-state index contributed by atoms with van der Waals surface area (Å²) in [6.45, 7) is 3.62.